The van der Waals surface area contributed by atoms with Crippen LogP contribution in [0.3, 0.4) is 0 Å². The van der Waals surface area contributed by atoms with E-state index in [1.165, 1.54) is 12.8 Å². The zero-order valence-electron chi connectivity index (χ0n) is 14.5. The summed E-state index contributed by atoms with van der Waals surface area (Å²) >= 11 is 0. The normalized spacial score (nSPS) is 11.4. The van der Waals surface area contributed by atoms with E-state index in [2.05, 4.69) is 43.0 Å². The molecule has 0 aliphatic carbocycles. The molecule has 1 N–H and O–H groups in total. The lowest BCUT2D eigenvalue weighted by atomic mass is 10.1. The molecule has 0 aliphatic heterocycles. The van der Waals surface area contributed by atoms with Crippen molar-refractivity contribution in [1.82, 2.24) is 15.2 Å². The van der Waals surface area contributed by atoms with E-state index in [1.54, 1.807) is 7.11 Å². The number of aromatic nitrogens is 1. The van der Waals surface area contributed by atoms with Gasteiger partial charge in [0.2, 0.25) is 0 Å². The largest absolute Gasteiger partial charge is 0.496 e. The van der Waals surface area contributed by atoms with Crippen LogP contribution in [0.5, 0.6) is 5.75 Å². The maximum Gasteiger partial charge on any atom is 0.128 e. The number of aryl methyl sites for hydroxylation is 1. The molecule has 1 aromatic heterocycles. The maximum absolute atomic E-state index is 5.44. The van der Waals surface area contributed by atoms with E-state index in [1.807, 2.05) is 13.1 Å². The second kappa shape index (κ2) is 9.00. The molecule has 21 heavy (non-hydrogen) atoms. The fourth-order valence-electron chi connectivity index (χ4n) is 2.33. The van der Waals surface area contributed by atoms with Gasteiger partial charge < -0.3 is 15.0 Å². The van der Waals surface area contributed by atoms with Crippen LogP contribution in [-0.4, -0.2) is 43.2 Å². The Morgan fingerprint density at radius 2 is 2.00 bits per heavy atom. The van der Waals surface area contributed by atoms with Crippen molar-refractivity contribution >= 4 is 0 Å². The van der Waals surface area contributed by atoms with Crippen LogP contribution in [0.4, 0.5) is 0 Å². The molecule has 1 aromatic rings. The lowest BCUT2D eigenvalue weighted by Gasteiger charge is -2.20. The van der Waals surface area contributed by atoms with Crippen LogP contribution >= 0.6 is 0 Å². The van der Waals surface area contributed by atoms with Gasteiger partial charge in [-0.05, 0) is 60.7 Å². The standard InChI is InChI=1S/C17H31N3O/c1-13(2)20(5)10-8-7-9-18-12-16-15(4)17(21-6)14(3)11-19-16/h11,13,18H,7-10,12H2,1-6H3. The number of unbranched alkanes of at least 4 members (excludes halogenated alkanes) is 1. The minimum Gasteiger partial charge on any atom is -0.496 e. The van der Waals surface area contributed by atoms with Crippen molar-refractivity contribution in [3.63, 3.8) is 0 Å². The molecule has 0 amide bonds. The average molecular weight is 293 g/mol. The second-order valence-corrected chi connectivity index (χ2v) is 6.00. The van der Waals surface area contributed by atoms with Crippen LogP contribution in [0.15, 0.2) is 6.20 Å². The third-order valence-corrected chi connectivity index (χ3v) is 4.04. The van der Waals surface area contributed by atoms with Gasteiger partial charge in [0.25, 0.3) is 0 Å². The van der Waals surface area contributed by atoms with Crippen LogP contribution < -0.4 is 10.1 Å². The first-order valence-corrected chi connectivity index (χ1v) is 7.87. The number of methoxy groups -OCH3 is 1. The van der Waals surface area contributed by atoms with Gasteiger partial charge in [0, 0.05) is 29.9 Å². The molecule has 0 fully saturated rings. The Bertz CT molecular complexity index is 432. The van der Waals surface area contributed by atoms with Gasteiger partial charge in [0.1, 0.15) is 5.75 Å². The Morgan fingerprint density at radius 3 is 2.62 bits per heavy atom. The van der Waals surface area contributed by atoms with E-state index in [0.29, 0.717) is 6.04 Å². The van der Waals surface area contributed by atoms with E-state index < -0.39 is 0 Å². The fourth-order valence-corrected chi connectivity index (χ4v) is 2.33. The summed E-state index contributed by atoms with van der Waals surface area (Å²) in [4.78, 5) is 6.89. The van der Waals surface area contributed by atoms with Crippen molar-refractivity contribution in [2.24, 2.45) is 0 Å². The monoisotopic (exact) mass is 293 g/mol. The Kier molecular flexibility index (Phi) is 7.68. The summed E-state index contributed by atoms with van der Waals surface area (Å²) in [5.74, 6) is 0.959. The molecule has 0 aromatic carbocycles. The number of pyridine rings is 1. The van der Waals surface area contributed by atoms with Gasteiger partial charge >= 0.3 is 0 Å². The Balaban J connectivity index is 2.31. The third-order valence-electron chi connectivity index (χ3n) is 4.04. The minimum absolute atomic E-state index is 0.629. The predicted octanol–water partition coefficient (Wildman–Crippen LogP) is 2.92. The quantitative estimate of drug-likeness (QED) is 0.710. The van der Waals surface area contributed by atoms with E-state index >= 15 is 0 Å². The maximum atomic E-state index is 5.44. The molecule has 0 saturated heterocycles. The van der Waals surface area contributed by atoms with Gasteiger partial charge in [0.15, 0.2) is 0 Å². The summed E-state index contributed by atoms with van der Waals surface area (Å²) in [6, 6.07) is 0.629. The molecule has 0 atom stereocenters. The summed E-state index contributed by atoms with van der Waals surface area (Å²) in [6.45, 7) is 11.6. The van der Waals surface area contributed by atoms with Crippen molar-refractivity contribution < 1.29 is 4.74 Å². The summed E-state index contributed by atoms with van der Waals surface area (Å²) in [5.41, 5.74) is 3.32. The molecule has 0 spiro atoms. The predicted molar refractivity (Wildman–Crippen MR) is 89.0 cm³/mol. The van der Waals surface area contributed by atoms with Gasteiger partial charge in [-0.1, -0.05) is 0 Å². The summed E-state index contributed by atoms with van der Waals surface area (Å²) < 4.78 is 5.44. The average Bonchev–Trinajstić information content (AvgIpc) is 2.44. The summed E-state index contributed by atoms with van der Waals surface area (Å²) in [6.07, 6.45) is 4.31. The van der Waals surface area contributed by atoms with E-state index in [4.69, 9.17) is 4.74 Å². The first-order valence-electron chi connectivity index (χ1n) is 7.87. The van der Waals surface area contributed by atoms with Gasteiger partial charge in [-0.2, -0.15) is 0 Å². The molecule has 4 nitrogen and oxygen atoms in total. The number of rotatable bonds is 9. The Morgan fingerprint density at radius 1 is 1.29 bits per heavy atom. The molecule has 0 unspecified atom stereocenters. The number of ether oxygens (including phenoxy) is 1. The zero-order chi connectivity index (χ0) is 15.8. The first-order chi connectivity index (χ1) is 9.97. The molecule has 0 radical (unpaired) electrons. The highest BCUT2D eigenvalue weighted by Gasteiger charge is 2.08. The third kappa shape index (κ3) is 5.64. The van der Waals surface area contributed by atoms with Crippen LogP contribution in [0.2, 0.25) is 0 Å². The summed E-state index contributed by atoms with van der Waals surface area (Å²) in [7, 11) is 3.90. The van der Waals surface area contributed by atoms with Crippen molar-refractivity contribution in [3.8, 4) is 5.75 Å². The number of nitrogens with zero attached hydrogens (tertiary/aromatic N) is 2. The highest BCUT2D eigenvalue weighted by atomic mass is 16.5. The zero-order valence-corrected chi connectivity index (χ0v) is 14.5. The lowest BCUT2D eigenvalue weighted by molar-refractivity contribution is 0.268. The van der Waals surface area contributed by atoms with Crippen LogP contribution in [0.1, 0.15) is 43.5 Å². The van der Waals surface area contributed by atoms with Crippen molar-refractivity contribution in [3.05, 3.63) is 23.0 Å². The SMILES string of the molecule is COc1c(C)cnc(CNCCCCN(C)C(C)C)c1C. The molecule has 4 heteroatoms. The molecule has 1 heterocycles. The minimum atomic E-state index is 0.629. The van der Waals surface area contributed by atoms with Crippen molar-refractivity contribution in [2.75, 3.05) is 27.2 Å². The van der Waals surface area contributed by atoms with E-state index in [0.717, 1.165) is 42.2 Å². The molecule has 1 rings (SSSR count). The molecule has 0 saturated carbocycles. The Labute approximate surface area is 129 Å². The number of hydrogen-bond acceptors (Lipinski definition) is 4. The topological polar surface area (TPSA) is 37.4 Å². The highest BCUT2D eigenvalue weighted by Crippen LogP contribution is 2.23. The molecular formula is C17H31N3O. The van der Waals surface area contributed by atoms with E-state index in [-0.39, 0.29) is 0 Å². The van der Waals surface area contributed by atoms with Gasteiger partial charge in [-0.15, -0.1) is 0 Å². The molecule has 120 valence electrons. The lowest BCUT2D eigenvalue weighted by Crippen LogP contribution is -2.27. The van der Waals surface area contributed by atoms with Crippen molar-refractivity contribution in [2.45, 2.75) is 53.1 Å². The smallest absolute Gasteiger partial charge is 0.128 e. The van der Waals surface area contributed by atoms with Crippen LogP contribution in [-0.2, 0) is 6.54 Å². The van der Waals surface area contributed by atoms with Gasteiger partial charge in [-0.3, -0.25) is 4.98 Å². The highest BCUT2D eigenvalue weighted by molar-refractivity contribution is 5.40. The van der Waals surface area contributed by atoms with Crippen LogP contribution in [0, 0.1) is 13.8 Å². The Hall–Kier alpha value is -1.13. The second-order valence-electron chi connectivity index (χ2n) is 6.00. The fraction of sp³-hybridized carbons (Fsp3) is 0.706. The summed E-state index contributed by atoms with van der Waals surface area (Å²) in [5, 5.41) is 3.48. The molecule has 0 bridgehead atoms. The molecular weight excluding hydrogens is 262 g/mol. The number of hydrogen-bond donors (Lipinski definition) is 1. The van der Waals surface area contributed by atoms with Crippen molar-refractivity contribution in [1.29, 1.82) is 0 Å². The van der Waals surface area contributed by atoms with Gasteiger partial charge in [-0.25, -0.2) is 0 Å². The van der Waals surface area contributed by atoms with E-state index in [9.17, 15) is 0 Å². The van der Waals surface area contributed by atoms with Gasteiger partial charge in [0.05, 0.1) is 12.8 Å². The number of nitrogens with one attached hydrogen (secondary N) is 1. The first kappa shape index (κ1) is 17.9. The molecule has 0 aliphatic rings. The van der Waals surface area contributed by atoms with Crippen LogP contribution in [0.25, 0.3) is 0 Å².